The Labute approximate surface area is 125 Å². The predicted molar refractivity (Wildman–Crippen MR) is 89.2 cm³/mol. The number of hydrogen-bond donors (Lipinski definition) is 1. The van der Waals surface area contributed by atoms with Crippen molar-refractivity contribution in [1.29, 1.82) is 0 Å². The number of fused-ring (bicyclic) bond motifs is 1. The quantitative estimate of drug-likeness (QED) is 0.785. The number of rotatable bonds is 2. The average Bonchev–Trinajstić information content (AvgIpc) is 2.43. The van der Waals surface area contributed by atoms with Crippen LogP contribution in [-0.2, 0) is 0 Å². The highest BCUT2D eigenvalue weighted by molar-refractivity contribution is 7.96. The minimum Gasteiger partial charge on any atom is -0.298 e. The van der Waals surface area contributed by atoms with Crippen molar-refractivity contribution in [2.45, 2.75) is 6.92 Å². The van der Waals surface area contributed by atoms with E-state index in [-0.39, 0.29) is 5.24 Å². The van der Waals surface area contributed by atoms with E-state index in [1.165, 1.54) is 0 Å². The summed E-state index contributed by atoms with van der Waals surface area (Å²) in [5.41, 5.74) is 3.91. The molecule has 1 aromatic rings. The maximum atomic E-state index is 11.9. The Balaban J connectivity index is 2.62. The van der Waals surface area contributed by atoms with Gasteiger partial charge in [-0.1, -0.05) is 67.8 Å². The van der Waals surface area contributed by atoms with Crippen molar-refractivity contribution < 1.29 is 4.79 Å². The van der Waals surface area contributed by atoms with Gasteiger partial charge in [0.2, 0.25) is 0 Å². The largest absolute Gasteiger partial charge is 0.298 e. The third-order valence-electron chi connectivity index (χ3n) is 3.19. The average molecular weight is 283 g/mol. The summed E-state index contributed by atoms with van der Waals surface area (Å²) >= 11 is 4.01. The second-order valence-electron chi connectivity index (χ2n) is 4.45. The minimum atomic E-state index is -0.266. The van der Waals surface area contributed by atoms with E-state index in [1.54, 1.807) is 11.0 Å². The minimum absolute atomic E-state index is 0.266. The van der Waals surface area contributed by atoms with E-state index in [0.717, 1.165) is 22.4 Å². The molecule has 20 heavy (non-hydrogen) atoms. The number of thiol groups is 1. The van der Waals surface area contributed by atoms with Gasteiger partial charge in [-0.25, -0.2) is 0 Å². The molecule has 0 saturated carbocycles. The fourth-order valence-corrected chi connectivity index (χ4v) is 2.41. The van der Waals surface area contributed by atoms with Crippen molar-refractivity contribution in [3.8, 4) is 0 Å². The molecule has 102 valence electrons. The predicted octanol–water partition coefficient (Wildman–Crippen LogP) is 4.63. The summed E-state index contributed by atoms with van der Waals surface area (Å²) in [6.45, 7) is 6.29. The smallest absolute Gasteiger partial charge is 0.283 e. The van der Waals surface area contributed by atoms with Crippen LogP contribution in [0.4, 0.5) is 10.5 Å². The molecular weight excluding hydrogens is 266 g/mol. The fourth-order valence-electron chi connectivity index (χ4n) is 2.23. The molecular formula is C17H17NOS. The number of carbonyl (C=O) groups is 1. The number of amides is 1. The zero-order valence-corrected chi connectivity index (χ0v) is 12.3. The van der Waals surface area contributed by atoms with Gasteiger partial charge in [0.25, 0.3) is 5.24 Å². The second kappa shape index (κ2) is 6.44. The van der Waals surface area contributed by atoms with Gasteiger partial charge in [0.15, 0.2) is 0 Å². The molecule has 0 unspecified atom stereocenters. The van der Waals surface area contributed by atoms with Crippen LogP contribution in [0.1, 0.15) is 12.5 Å². The van der Waals surface area contributed by atoms with E-state index in [1.807, 2.05) is 55.5 Å². The first-order chi connectivity index (χ1) is 9.67. The first-order valence-electron chi connectivity index (χ1n) is 6.43. The summed E-state index contributed by atoms with van der Waals surface area (Å²) in [6, 6.07) is 7.79. The molecule has 1 aromatic carbocycles. The molecule has 3 heteroatoms. The van der Waals surface area contributed by atoms with E-state index in [0.29, 0.717) is 6.54 Å². The summed E-state index contributed by atoms with van der Waals surface area (Å²) in [7, 11) is 0. The Hall–Kier alpha value is -2.00. The van der Waals surface area contributed by atoms with Crippen LogP contribution in [0.3, 0.4) is 0 Å². The number of anilines is 1. The molecule has 2 rings (SSSR count). The van der Waals surface area contributed by atoms with E-state index >= 15 is 0 Å². The molecule has 0 aliphatic carbocycles. The lowest BCUT2D eigenvalue weighted by molar-refractivity contribution is 0.266. The molecule has 0 aromatic heterocycles. The number of nitrogens with zero attached hydrogens (tertiary/aromatic N) is 1. The van der Waals surface area contributed by atoms with Crippen LogP contribution in [0.25, 0.3) is 6.08 Å². The summed E-state index contributed by atoms with van der Waals surface area (Å²) in [5, 5.41) is -0.266. The van der Waals surface area contributed by atoms with Crippen molar-refractivity contribution in [1.82, 2.24) is 0 Å². The van der Waals surface area contributed by atoms with Gasteiger partial charge in [0.1, 0.15) is 0 Å². The van der Waals surface area contributed by atoms with Gasteiger partial charge < -0.3 is 0 Å². The molecule has 0 radical (unpaired) electrons. The van der Waals surface area contributed by atoms with Gasteiger partial charge in [-0.15, -0.1) is 0 Å². The molecule has 0 saturated heterocycles. The van der Waals surface area contributed by atoms with Gasteiger partial charge in [0, 0.05) is 0 Å². The monoisotopic (exact) mass is 283 g/mol. The first kappa shape index (κ1) is 14.4. The Bertz CT molecular complexity index is 626. The molecule has 1 aliphatic rings. The number of para-hydroxylation sites is 1. The van der Waals surface area contributed by atoms with Crippen molar-refractivity contribution in [3.63, 3.8) is 0 Å². The highest BCUT2D eigenvalue weighted by atomic mass is 32.1. The summed E-state index contributed by atoms with van der Waals surface area (Å²) in [5.74, 6) is 0. The van der Waals surface area contributed by atoms with Gasteiger partial charge in [0.05, 0.1) is 12.2 Å². The van der Waals surface area contributed by atoms with Gasteiger partial charge in [-0.2, -0.15) is 0 Å². The van der Waals surface area contributed by atoms with Crippen molar-refractivity contribution >= 4 is 29.6 Å². The first-order valence-corrected chi connectivity index (χ1v) is 6.88. The van der Waals surface area contributed by atoms with Crippen LogP contribution in [-0.4, -0.2) is 11.8 Å². The maximum Gasteiger partial charge on any atom is 0.283 e. The van der Waals surface area contributed by atoms with Crippen LogP contribution < -0.4 is 4.90 Å². The second-order valence-corrected chi connectivity index (χ2v) is 4.83. The fraction of sp³-hybridized carbons (Fsp3) is 0.118. The Morgan fingerprint density at radius 3 is 2.75 bits per heavy atom. The molecule has 0 fully saturated rings. The number of hydrogen-bond acceptors (Lipinski definition) is 1. The molecule has 2 nitrogen and oxygen atoms in total. The van der Waals surface area contributed by atoms with Gasteiger partial charge >= 0.3 is 0 Å². The highest BCUT2D eigenvalue weighted by Crippen LogP contribution is 2.28. The molecule has 1 heterocycles. The lowest BCUT2D eigenvalue weighted by Crippen LogP contribution is -2.29. The highest BCUT2D eigenvalue weighted by Gasteiger charge is 2.18. The summed E-state index contributed by atoms with van der Waals surface area (Å²) in [6.07, 6.45) is 9.79. The third-order valence-corrected chi connectivity index (χ3v) is 3.43. The summed E-state index contributed by atoms with van der Waals surface area (Å²) < 4.78 is 0. The van der Waals surface area contributed by atoms with Crippen LogP contribution in [0.2, 0.25) is 0 Å². The standard InChI is InChI=1S/C17H17NOS/c1-3-7-15-12-18(17(19)20)16-9-6-5-8-14(16)11-10-13(15)4-2/h3-11H,2,12H2,1H3,(H,19,20)/b7-3-,11-10-,15-13-. The molecule has 1 amide bonds. The van der Waals surface area contributed by atoms with Gasteiger partial charge in [-0.05, 0) is 29.7 Å². The third kappa shape index (κ3) is 2.94. The molecule has 0 atom stereocenters. The lowest BCUT2D eigenvalue weighted by atomic mass is 10.0. The number of allylic oxidation sites excluding steroid dienone is 4. The van der Waals surface area contributed by atoms with E-state index in [2.05, 4.69) is 19.2 Å². The van der Waals surface area contributed by atoms with Gasteiger partial charge in [-0.3, -0.25) is 9.69 Å². The normalized spacial score (nSPS) is 20.2. The van der Waals surface area contributed by atoms with Crippen LogP contribution >= 0.6 is 12.6 Å². The van der Waals surface area contributed by atoms with E-state index < -0.39 is 0 Å². The Morgan fingerprint density at radius 1 is 1.35 bits per heavy atom. The Kier molecular flexibility index (Phi) is 4.64. The topological polar surface area (TPSA) is 20.3 Å². The van der Waals surface area contributed by atoms with Crippen molar-refractivity contribution in [3.05, 3.63) is 71.9 Å². The molecule has 0 spiro atoms. The molecule has 1 aliphatic heterocycles. The maximum absolute atomic E-state index is 11.9. The zero-order valence-electron chi connectivity index (χ0n) is 11.4. The lowest BCUT2D eigenvalue weighted by Gasteiger charge is -2.25. The SMILES string of the molecule is C=CC1=C(\C=C/C)CN(C(=O)S)c2ccccc2/C=C\1. The molecule has 0 N–H and O–H groups in total. The van der Waals surface area contributed by atoms with E-state index in [4.69, 9.17) is 0 Å². The van der Waals surface area contributed by atoms with Crippen LogP contribution in [0.15, 0.2) is 66.3 Å². The molecule has 0 bridgehead atoms. The Morgan fingerprint density at radius 2 is 2.10 bits per heavy atom. The van der Waals surface area contributed by atoms with Crippen LogP contribution in [0, 0.1) is 0 Å². The van der Waals surface area contributed by atoms with Crippen molar-refractivity contribution in [2.75, 3.05) is 11.4 Å². The van der Waals surface area contributed by atoms with E-state index in [9.17, 15) is 4.79 Å². The zero-order chi connectivity index (χ0) is 14.5. The van der Waals surface area contributed by atoms with Crippen LogP contribution in [0.5, 0.6) is 0 Å². The summed E-state index contributed by atoms with van der Waals surface area (Å²) in [4.78, 5) is 13.5. The number of benzene rings is 1. The number of carbonyl (C=O) groups excluding carboxylic acids is 1. The van der Waals surface area contributed by atoms with Crippen molar-refractivity contribution in [2.24, 2.45) is 0 Å².